The van der Waals surface area contributed by atoms with Crippen molar-refractivity contribution in [2.75, 3.05) is 19.5 Å². The van der Waals surface area contributed by atoms with Crippen LogP contribution in [-0.2, 0) is 32.0 Å². The van der Waals surface area contributed by atoms with Gasteiger partial charge in [-0.25, -0.2) is 0 Å². The fourth-order valence-corrected chi connectivity index (χ4v) is 16.8. The van der Waals surface area contributed by atoms with E-state index in [4.69, 9.17) is 21.9 Å². The van der Waals surface area contributed by atoms with Crippen molar-refractivity contribution >= 4 is 35.1 Å². The Balaban J connectivity index is 2.51. The Hall–Kier alpha value is 0.209. The molecule has 0 aromatic rings. The number of aliphatic hydroxyl groups is 1. The average molecular weight is 511 g/mol. The summed E-state index contributed by atoms with van der Waals surface area (Å²) in [5, 5.41) is 11.7. The van der Waals surface area contributed by atoms with E-state index >= 15 is 0 Å². The Kier molecular flexibility index (Phi) is 8.94. The van der Waals surface area contributed by atoms with Gasteiger partial charge in [0, 0.05) is 6.42 Å². The smallest absolute Gasteiger partial charge is 0.335 e. The number of fused-ring (bicyclic) bond motifs is 1. The molecule has 12 heteroatoms. The summed E-state index contributed by atoms with van der Waals surface area (Å²) in [5.41, 5.74) is -0.759. The highest BCUT2D eigenvalue weighted by Crippen LogP contribution is 2.49. The SMILES string of the molecule is BC1OC2CO[Si](C(C)C)(C(C)C)O[Si](C(C)C)(C(C)C)O[C@H]2[C@@]1(O)CCOS(C)(=O)=O. The lowest BCUT2D eigenvalue weighted by atomic mass is 9.78. The van der Waals surface area contributed by atoms with Crippen molar-refractivity contribution in [1.82, 2.24) is 0 Å². The van der Waals surface area contributed by atoms with Gasteiger partial charge in [0.2, 0.25) is 0 Å². The first-order valence-electron chi connectivity index (χ1n) is 11.8. The second-order valence-corrected chi connectivity index (χ2v) is 21.1. The van der Waals surface area contributed by atoms with Crippen LogP contribution in [0, 0.1) is 0 Å². The largest absolute Gasteiger partial charge is 0.414 e. The maximum atomic E-state index is 11.7. The predicted octanol–water partition coefficient (Wildman–Crippen LogP) is 2.40. The third-order valence-electron chi connectivity index (χ3n) is 7.04. The second kappa shape index (κ2) is 10.1. The molecule has 2 unspecified atom stereocenters. The molecule has 2 heterocycles. The molecule has 2 fully saturated rings. The summed E-state index contributed by atoms with van der Waals surface area (Å²) in [6, 6.07) is -0.567. The zero-order valence-electron chi connectivity index (χ0n) is 21.4. The quantitative estimate of drug-likeness (QED) is 0.393. The standard InChI is InChI=1S/C20H43BO8SSi2/c1-13(2)31(14(3)4)26-12-17-18(28-32(29-31,15(5)6)16(7)8)20(22,19(21)27-17)10-11-25-30(9,23)24/h13-19,22H,10-12,21H2,1-9H3/t17?,18-,19?,20+/m1/s1. The minimum atomic E-state index is -3.61. The van der Waals surface area contributed by atoms with Crippen LogP contribution in [0.5, 0.6) is 0 Å². The normalized spacial score (nSPS) is 33.0. The summed E-state index contributed by atoms with van der Waals surface area (Å²) < 4.78 is 54.8. The van der Waals surface area contributed by atoms with Crippen LogP contribution >= 0.6 is 0 Å². The first-order valence-corrected chi connectivity index (χ1v) is 17.5. The molecule has 0 saturated carbocycles. The van der Waals surface area contributed by atoms with Crippen molar-refractivity contribution in [3.8, 4) is 0 Å². The summed E-state index contributed by atoms with van der Waals surface area (Å²) in [6.07, 6.45) is -0.0886. The van der Waals surface area contributed by atoms with Gasteiger partial charge in [-0.2, -0.15) is 8.42 Å². The van der Waals surface area contributed by atoms with Crippen LogP contribution in [0.1, 0.15) is 61.8 Å². The van der Waals surface area contributed by atoms with Crippen LogP contribution in [0.2, 0.25) is 22.2 Å². The van der Waals surface area contributed by atoms with Gasteiger partial charge in [0.1, 0.15) is 25.7 Å². The van der Waals surface area contributed by atoms with Crippen molar-refractivity contribution in [3.63, 3.8) is 0 Å². The third kappa shape index (κ3) is 5.38. The van der Waals surface area contributed by atoms with Gasteiger partial charge in [-0.05, 0) is 22.2 Å². The van der Waals surface area contributed by atoms with Gasteiger partial charge in [-0.3, -0.25) is 4.18 Å². The molecular weight excluding hydrogens is 467 g/mol. The molecule has 2 aliphatic rings. The van der Waals surface area contributed by atoms with E-state index in [-0.39, 0.29) is 41.8 Å². The highest BCUT2D eigenvalue weighted by atomic mass is 32.2. The molecule has 0 spiro atoms. The molecule has 2 aliphatic heterocycles. The molecule has 32 heavy (non-hydrogen) atoms. The number of ether oxygens (including phenoxy) is 1. The van der Waals surface area contributed by atoms with E-state index < -0.39 is 51.1 Å². The van der Waals surface area contributed by atoms with Crippen LogP contribution in [0.15, 0.2) is 0 Å². The van der Waals surface area contributed by atoms with E-state index in [0.717, 1.165) is 6.26 Å². The van der Waals surface area contributed by atoms with E-state index in [1.165, 1.54) is 0 Å². The third-order valence-corrected chi connectivity index (χ3v) is 17.9. The Labute approximate surface area is 197 Å². The van der Waals surface area contributed by atoms with Crippen molar-refractivity contribution < 1.29 is 35.4 Å². The molecule has 0 aliphatic carbocycles. The molecule has 0 aromatic heterocycles. The first-order chi connectivity index (χ1) is 14.5. The zero-order chi connectivity index (χ0) is 24.7. The van der Waals surface area contributed by atoms with Crippen LogP contribution in [-0.4, -0.2) is 81.8 Å². The summed E-state index contributed by atoms with van der Waals surface area (Å²) in [4.78, 5) is 0. The van der Waals surface area contributed by atoms with Gasteiger partial charge in [-0.1, -0.05) is 55.4 Å². The molecular formula is C20H43BO8SSi2. The van der Waals surface area contributed by atoms with Crippen molar-refractivity contribution in [1.29, 1.82) is 0 Å². The van der Waals surface area contributed by atoms with Gasteiger partial charge in [0.25, 0.3) is 10.1 Å². The van der Waals surface area contributed by atoms with Gasteiger partial charge >= 0.3 is 17.1 Å². The summed E-state index contributed by atoms with van der Waals surface area (Å²) in [5.74, 6) is 0. The zero-order valence-corrected chi connectivity index (χ0v) is 24.2. The predicted molar refractivity (Wildman–Crippen MR) is 131 cm³/mol. The van der Waals surface area contributed by atoms with E-state index in [1.54, 1.807) is 7.85 Å². The summed E-state index contributed by atoms with van der Waals surface area (Å²) in [6.45, 7) is 17.2. The van der Waals surface area contributed by atoms with Gasteiger partial charge in [0.05, 0.1) is 25.5 Å². The van der Waals surface area contributed by atoms with Crippen molar-refractivity contribution in [3.05, 3.63) is 0 Å². The molecule has 188 valence electrons. The number of hydrogen-bond donors (Lipinski definition) is 1. The van der Waals surface area contributed by atoms with Crippen molar-refractivity contribution in [2.45, 2.75) is 108 Å². The highest BCUT2D eigenvalue weighted by Gasteiger charge is 2.64. The van der Waals surface area contributed by atoms with E-state index in [2.05, 4.69) is 55.4 Å². The minimum absolute atomic E-state index is 0.0695. The molecule has 8 nitrogen and oxygen atoms in total. The van der Waals surface area contributed by atoms with Gasteiger partial charge in [-0.15, -0.1) is 0 Å². The Morgan fingerprint density at radius 3 is 1.97 bits per heavy atom. The molecule has 4 atom stereocenters. The maximum Gasteiger partial charge on any atom is 0.335 e. The minimum Gasteiger partial charge on any atom is -0.414 e. The Morgan fingerprint density at radius 1 is 1.03 bits per heavy atom. The van der Waals surface area contributed by atoms with E-state index in [9.17, 15) is 13.5 Å². The van der Waals surface area contributed by atoms with Crippen LogP contribution in [0.4, 0.5) is 0 Å². The first kappa shape index (κ1) is 28.4. The van der Waals surface area contributed by atoms with Crippen LogP contribution < -0.4 is 0 Å². The molecule has 1 N–H and O–H groups in total. The Bertz CT molecular complexity index is 732. The van der Waals surface area contributed by atoms with Gasteiger partial charge < -0.3 is 22.8 Å². The van der Waals surface area contributed by atoms with Crippen LogP contribution in [0.25, 0.3) is 0 Å². The maximum absolute atomic E-state index is 11.7. The lowest BCUT2D eigenvalue weighted by Gasteiger charge is -2.52. The fourth-order valence-electron chi connectivity index (χ4n) is 5.14. The summed E-state index contributed by atoms with van der Waals surface area (Å²) in [7, 11) is -7.44. The summed E-state index contributed by atoms with van der Waals surface area (Å²) >= 11 is 0. The topological polar surface area (TPSA) is 101 Å². The Morgan fingerprint density at radius 2 is 1.53 bits per heavy atom. The molecule has 0 aromatic carbocycles. The number of hydrogen-bond acceptors (Lipinski definition) is 8. The second-order valence-electron chi connectivity index (χ2n) is 10.6. The molecule has 2 saturated heterocycles. The average Bonchev–Trinajstić information content (AvgIpc) is 2.83. The number of rotatable bonds is 8. The van der Waals surface area contributed by atoms with Gasteiger partial charge in [0.15, 0.2) is 0 Å². The molecule has 0 bridgehead atoms. The molecule has 0 amide bonds. The van der Waals surface area contributed by atoms with Crippen LogP contribution in [0.3, 0.4) is 0 Å². The lowest BCUT2D eigenvalue weighted by Crippen LogP contribution is -2.67. The fraction of sp³-hybridized carbons (Fsp3) is 1.00. The monoisotopic (exact) mass is 510 g/mol. The van der Waals surface area contributed by atoms with E-state index in [0.29, 0.717) is 0 Å². The van der Waals surface area contributed by atoms with E-state index in [1.807, 2.05) is 0 Å². The molecule has 2 rings (SSSR count). The highest BCUT2D eigenvalue weighted by molar-refractivity contribution is 7.85. The lowest BCUT2D eigenvalue weighted by molar-refractivity contribution is -0.0778. The van der Waals surface area contributed by atoms with Crippen molar-refractivity contribution in [2.24, 2.45) is 0 Å². The molecule has 0 radical (unpaired) electrons.